The monoisotopic (exact) mass is 181 g/mol. The first-order valence-corrected chi connectivity index (χ1v) is 6.09. The highest BCUT2D eigenvalue weighted by molar-refractivity contribution is 4.79. The van der Waals surface area contributed by atoms with Crippen LogP contribution in [0.2, 0.25) is 0 Å². The standard InChI is InChI=1S/C12H23N/c1-2-10-6-11-4-3-5-12(7-10)9-13-8-11/h10-13H,2-9H2,1H3. The van der Waals surface area contributed by atoms with Crippen LogP contribution in [0.15, 0.2) is 0 Å². The van der Waals surface area contributed by atoms with Gasteiger partial charge in [-0.05, 0) is 56.5 Å². The summed E-state index contributed by atoms with van der Waals surface area (Å²) in [5.41, 5.74) is 0. The molecule has 3 aliphatic rings. The average Bonchev–Trinajstić information content (AvgIpc) is 2.00. The molecular formula is C12H23N. The Bertz CT molecular complexity index is 131. The SMILES string of the molecule is CCC1CC2CCCC(CNC2)C1. The van der Waals surface area contributed by atoms with Crippen LogP contribution in [0.3, 0.4) is 0 Å². The van der Waals surface area contributed by atoms with Crippen LogP contribution in [0.1, 0.15) is 45.4 Å². The van der Waals surface area contributed by atoms with Crippen molar-refractivity contribution in [3.05, 3.63) is 0 Å². The van der Waals surface area contributed by atoms with Crippen molar-refractivity contribution in [1.29, 1.82) is 0 Å². The fourth-order valence-corrected chi connectivity index (χ4v) is 3.17. The maximum Gasteiger partial charge on any atom is -0.00203 e. The fraction of sp³-hybridized carbons (Fsp3) is 1.00. The highest BCUT2D eigenvalue weighted by atomic mass is 14.9. The van der Waals surface area contributed by atoms with Crippen LogP contribution in [0.4, 0.5) is 0 Å². The lowest BCUT2D eigenvalue weighted by atomic mass is 9.77. The second kappa shape index (κ2) is 4.45. The minimum absolute atomic E-state index is 0.992. The van der Waals surface area contributed by atoms with Crippen LogP contribution in [-0.4, -0.2) is 13.1 Å². The van der Waals surface area contributed by atoms with E-state index in [1.807, 2.05) is 0 Å². The van der Waals surface area contributed by atoms with E-state index in [0.29, 0.717) is 0 Å². The van der Waals surface area contributed by atoms with Crippen LogP contribution in [-0.2, 0) is 0 Å². The van der Waals surface area contributed by atoms with Gasteiger partial charge in [0.05, 0.1) is 0 Å². The second-order valence-electron chi connectivity index (χ2n) is 5.07. The molecule has 2 bridgehead atoms. The van der Waals surface area contributed by atoms with Crippen molar-refractivity contribution in [1.82, 2.24) is 5.32 Å². The third-order valence-electron chi connectivity index (χ3n) is 4.00. The molecule has 0 aromatic rings. The lowest BCUT2D eigenvalue weighted by Crippen LogP contribution is -2.35. The van der Waals surface area contributed by atoms with Gasteiger partial charge >= 0.3 is 0 Å². The summed E-state index contributed by atoms with van der Waals surface area (Å²) in [7, 11) is 0. The van der Waals surface area contributed by atoms with Gasteiger partial charge in [-0.25, -0.2) is 0 Å². The predicted octanol–water partition coefficient (Wildman–Crippen LogP) is 2.81. The zero-order valence-corrected chi connectivity index (χ0v) is 8.89. The molecule has 0 spiro atoms. The van der Waals surface area contributed by atoms with Gasteiger partial charge in [0.1, 0.15) is 0 Å². The molecule has 2 aliphatic heterocycles. The summed E-state index contributed by atoms with van der Waals surface area (Å²) in [4.78, 5) is 0. The van der Waals surface area contributed by atoms with E-state index in [9.17, 15) is 0 Å². The van der Waals surface area contributed by atoms with Crippen molar-refractivity contribution in [3.8, 4) is 0 Å². The van der Waals surface area contributed by atoms with Crippen molar-refractivity contribution in [2.24, 2.45) is 17.8 Å². The third-order valence-corrected chi connectivity index (χ3v) is 4.00. The predicted molar refractivity (Wildman–Crippen MR) is 56.7 cm³/mol. The Kier molecular flexibility index (Phi) is 3.26. The van der Waals surface area contributed by atoms with Gasteiger partial charge in [0.25, 0.3) is 0 Å². The zero-order valence-electron chi connectivity index (χ0n) is 8.89. The number of rotatable bonds is 1. The Morgan fingerprint density at radius 1 is 1.08 bits per heavy atom. The van der Waals surface area contributed by atoms with Gasteiger partial charge in [-0.3, -0.25) is 0 Å². The topological polar surface area (TPSA) is 12.0 Å². The van der Waals surface area contributed by atoms with E-state index >= 15 is 0 Å². The van der Waals surface area contributed by atoms with Gasteiger partial charge in [-0.2, -0.15) is 0 Å². The molecular weight excluding hydrogens is 158 g/mol. The van der Waals surface area contributed by atoms with Crippen LogP contribution in [0.5, 0.6) is 0 Å². The zero-order chi connectivity index (χ0) is 9.10. The Morgan fingerprint density at radius 3 is 2.23 bits per heavy atom. The molecule has 0 aromatic carbocycles. The van der Waals surface area contributed by atoms with Gasteiger partial charge in [0.2, 0.25) is 0 Å². The van der Waals surface area contributed by atoms with Crippen molar-refractivity contribution in [2.75, 3.05) is 13.1 Å². The Hall–Kier alpha value is -0.0400. The summed E-state index contributed by atoms with van der Waals surface area (Å²) >= 11 is 0. The van der Waals surface area contributed by atoms with E-state index < -0.39 is 0 Å². The van der Waals surface area contributed by atoms with Crippen molar-refractivity contribution in [2.45, 2.75) is 45.4 Å². The maximum absolute atomic E-state index is 3.63. The molecule has 1 saturated carbocycles. The Balaban J connectivity index is 2.00. The summed E-state index contributed by atoms with van der Waals surface area (Å²) in [6.45, 7) is 4.97. The highest BCUT2D eigenvalue weighted by Gasteiger charge is 2.25. The molecule has 76 valence electrons. The Morgan fingerprint density at radius 2 is 1.69 bits per heavy atom. The average molecular weight is 181 g/mol. The molecule has 1 nitrogen and oxygen atoms in total. The fourth-order valence-electron chi connectivity index (χ4n) is 3.17. The van der Waals surface area contributed by atoms with Crippen LogP contribution < -0.4 is 5.32 Å². The lowest BCUT2D eigenvalue weighted by Gasteiger charge is -2.34. The van der Waals surface area contributed by atoms with Gasteiger partial charge in [-0.1, -0.05) is 19.8 Å². The molecule has 13 heavy (non-hydrogen) atoms. The van der Waals surface area contributed by atoms with Crippen LogP contribution >= 0.6 is 0 Å². The summed E-state index contributed by atoms with van der Waals surface area (Å²) in [5, 5.41) is 3.63. The first-order chi connectivity index (χ1) is 6.38. The van der Waals surface area contributed by atoms with E-state index in [-0.39, 0.29) is 0 Å². The number of hydrogen-bond donors (Lipinski definition) is 1. The van der Waals surface area contributed by atoms with Gasteiger partial charge in [-0.15, -0.1) is 0 Å². The Labute approximate surface area is 82.3 Å². The normalized spacial score (nSPS) is 40.8. The molecule has 1 aliphatic carbocycles. The van der Waals surface area contributed by atoms with Crippen molar-refractivity contribution < 1.29 is 0 Å². The summed E-state index contributed by atoms with van der Waals surface area (Å²) in [6, 6.07) is 0. The quantitative estimate of drug-likeness (QED) is 0.656. The molecule has 0 amide bonds. The van der Waals surface area contributed by atoms with Crippen LogP contribution in [0, 0.1) is 17.8 Å². The summed E-state index contributed by atoms with van der Waals surface area (Å²) < 4.78 is 0. The lowest BCUT2D eigenvalue weighted by molar-refractivity contribution is 0.201. The van der Waals surface area contributed by atoms with E-state index in [1.165, 1.54) is 51.6 Å². The van der Waals surface area contributed by atoms with Gasteiger partial charge in [0, 0.05) is 0 Å². The van der Waals surface area contributed by atoms with E-state index in [4.69, 9.17) is 0 Å². The third kappa shape index (κ3) is 2.46. The molecule has 2 heterocycles. The smallest absolute Gasteiger partial charge is 0.00203 e. The minimum atomic E-state index is 0.992. The van der Waals surface area contributed by atoms with Gasteiger partial charge in [0.15, 0.2) is 0 Å². The first kappa shape index (κ1) is 9.51. The number of fused-ring (bicyclic) bond motifs is 6. The molecule has 2 unspecified atom stereocenters. The molecule has 2 saturated heterocycles. The second-order valence-corrected chi connectivity index (χ2v) is 5.07. The van der Waals surface area contributed by atoms with Crippen molar-refractivity contribution in [3.63, 3.8) is 0 Å². The van der Waals surface area contributed by atoms with Crippen molar-refractivity contribution >= 4 is 0 Å². The molecule has 0 aromatic heterocycles. The maximum atomic E-state index is 3.63. The first-order valence-electron chi connectivity index (χ1n) is 6.09. The minimum Gasteiger partial charge on any atom is -0.316 e. The largest absolute Gasteiger partial charge is 0.316 e. The van der Waals surface area contributed by atoms with Gasteiger partial charge < -0.3 is 5.32 Å². The molecule has 0 radical (unpaired) electrons. The molecule has 1 N–H and O–H groups in total. The van der Waals surface area contributed by atoms with E-state index in [1.54, 1.807) is 0 Å². The molecule has 3 fully saturated rings. The molecule has 3 rings (SSSR count). The van der Waals surface area contributed by atoms with E-state index in [2.05, 4.69) is 12.2 Å². The summed E-state index contributed by atoms with van der Waals surface area (Å²) in [5.74, 6) is 3.02. The highest BCUT2D eigenvalue weighted by Crippen LogP contribution is 2.33. The number of nitrogens with one attached hydrogen (secondary N) is 1. The van der Waals surface area contributed by atoms with E-state index in [0.717, 1.165) is 17.8 Å². The molecule has 1 heteroatoms. The number of hydrogen-bond acceptors (Lipinski definition) is 1. The molecule has 2 atom stereocenters. The van der Waals surface area contributed by atoms with Crippen LogP contribution in [0.25, 0.3) is 0 Å². The summed E-state index contributed by atoms with van der Waals surface area (Å²) in [6.07, 6.45) is 8.88.